The van der Waals surface area contributed by atoms with Crippen LogP contribution in [0.2, 0.25) is 5.02 Å². The highest BCUT2D eigenvalue weighted by atomic mass is 35.5. The van der Waals surface area contributed by atoms with Gasteiger partial charge in [-0.2, -0.15) is 0 Å². The van der Waals surface area contributed by atoms with Crippen molar-refractivity contribution in [2.24, 2.45) is 5.92 Å². The van der Waals surface area contributed by atoms with Gasteiger partial charge in [0, 0.05) is 27.9 Å². The second-order valence-corrected chi connectivity index (χ2v) is 13.1. The molecule has 5 atom stereocenters. The van der Waals surface area contributed by atoms with Gasteiger partial charge in [0.1, 0.15) is 11.3 Å². The predicted molar refractivity (Wildman–Crippen MR) is 175 cm³/mol. The first-order valence-electron chi connectivity index (χ1n) is 14.4. The minimum atomic E-state index is -0.624. The van der Waals surface area contributed by atoms with Crippen molar-refractivity contribution in [3.05, 3.63) is 128 Å². The van der Waals surface area contributed by atoms with Crippen molar-refractivity contribution < 1.29 is 24.0 Å². The molecule has 4 aromatic carbocycles. The molecule has 1 heterocycles. The van der Waals surface area contributed by atoms with Gasteiger partial charge in [0.25, 0.3) is 5.69 Å². The van der Waals surface area contributed by atoms with Gasteiger partial charge >= 0.3 is 11.9 Å². The summed E-state index contributed by atoms with van der Waals surface area (Å²) < 4.78 is 10.8. The van der Waals surface area contributed by atoms with Crippen molar-refractivity contribution in [2.75, 3.05) is 11.9 Å². The first-order valence-corrected chi connectivity index (χ1v) is 16.1. The largest absolute Gasteiger partial charge is 0.462 e. The lowest BCUT2D eigenvalue weighted by Gasteiger charge is -2.38. The highest BCUT2D eigenvalue weighted by molar-refractivity contribution is 8.00. The third-order valence-electron chi connectivity index (χ3n) is 8.20. The van der Waals surface area contributed by atoms with Gasteiger partial charge in [0.2, 0.25) is 0 Å². The lowest BCUT2D eigenvalue weighted by Crippen LogP contribution is -2.31. The molecular weight excluding hydrogens is 635 g/mol. The number of rotatable bonds is 8. The number of nitro groups is 1. The Bertz CT molecular complexity index is 1770. The van der Waals surface area contributed by atoms with Crippen molar-refractivity contribution in [1.29, 1.82) is 0 Å². The lowest BCUT2D eigenvalue weighted by atomic mass is 9.77. The van der Waals surface area contributed by atoms with E-state index in [1.54, 1.807) is 61.5 Å². The van der Waals surface area contributed by atoms with Crippen LogP contribution in [0.25, 0.3) is 0 Å². The third kappa shape index (κ3) is 6.25. The number of ether oxygens (including phenoxy) is 2. The van der Waals surface area contributed by atoms with Crippen molar-refractivity contribution in [3.63, 3.8) is 0 Å². The molecule has 1 fully saturated rings. The number of nitro benzene ring substituents is 1. The first-order chi connectivity index (χ1) is 21.7. The number of hydrogen-bond acceptors (Lipinski definition) is 8. The maximum absolute atomic E-state index is 13.4. The molecule has 1 aliphatic carbocycles. The Labute approximate surface area is 274 Å². The summed E-state index contributed by atoms with van der Waals surface area (Å²) >= 11 is 14.9. The Hall–Kier alpha value is -4.05. The molecule has 0 amide bonds. The number of thioether (sulfide) groups is 1. The number of fused-ring (bicyclic) bond motifs is 3. The van der Waals surface area contributed by atoms with Crippen molar-refractivity contribution in [1.82, 2.24) is 0 Å². The summed E-state index contributed by atoms with van der Waals surface area (Å²) in [7, 11) is 0. The third-order valence-corrected chi connectivity index (χ3v) is 10.6. The van der Waals surface area contributed by atoms with Crippen molar-refractivity contribution >= 4 is 58.3 Å². The molecule has 8 nitrogen and oxygen atoms in total. The Morgan fingerprint density at radius 1 is 1.00 bits per heavy atom. The summed E-state index contributed by atoms with van der Waals surface area (Å²) in [5, 5.41) is 15.5. The molecule has 45 heavy (non-hydrogen) atoms. The monoisotopic (exact) mass is 662 g/mol. The smallest absolute Gasteiger partial charge is 0.343 e. The zero-order chi connectivity index (χ0) is 31.7. The van der Waals surface area contributed by atoms with Crippen LogP contribution in [0.4, 0.5) is 11.4 Å². The van der Waals surface area contributed by atoms with Gasteiger partial charge in [-0.05, 0) is 78.9 Å². The first kappa shape index (κ1) is 31.0. The van der Waals surface area contributed by atoms with Crippen LogP contribution in [-0.2, 0) is 4.74 Å². The van der Waals surface area contributed by atoms with Crippen LogP contribution < -0.4 is 10.1 Å². The number of nitrogens with one attached hydrogen (secondary N) is 1. The number of hydrogen-bond donors (Lipinski definition) is 1. The van der Waals surface area contributed by atoms with Gasteiger partial charge in [-0.3, -0.25) is 10.1 Å². The van der Waals surface area contributed by atoms with Crippen LogP contribution in [0, 0.1) is 16.0 Å². The average molecular weight is 664 g/mol. The number of para-hydroxylation sites is 2. The molecule has 0 radical (unpaired) electrons. The summed E-state index contributed by atoms with van der Waals surface area (Å²) in [4.78, 5) is 37.8. The highest BCUT2D eigenvalue weighted by Crippen LogP contribution is 2.58. The average Bonchev–Trinajstić information content (AvgIpc) is 3.37. The van der Waals surface area contributed by atoms with Gasteiger partial charge in [0.05, 0.1) is 33.4 Å². The Balaban J connectivity index is 1.34. The minimum absolute atomic E-state index is 0.0113. The zero-order valence-electron chi connectivity index (χ0n) is 24.0. The molecule has 0 spiro atoms. The van der Waals surface area contributed by atoms with Crippen LogP contribution in [0.1, 0.15) is 57.1 Å². The lowest BCUT2D eigenvalue weighted by molar-refractivity contribution is -0.387. The van der Waals surface area contributed by atoms with E-state index < -0.39 is 17.3 Å². The number of esters is 2. The normalized spacial score (nSPS) is 21.6. The number of carbonyl (C=O) groups excluding carboxylic acids is 2. The van der Waals surface area contributed by atoms with E-state index in [-0.39, 0.29) is 51.7 Å². The van der Waals surface area contributed by atoms with E-state index in [4.69, 9.17) is 32.7 Å². The number of carbonyl (C=O) groups is 2. The quantitative estimate of drug-likeness (QED) is 0.0656. The van der Waals surface area contributed by atoms with Crippen LogP contribution in [0.3, 0.4) is 0 Å². The summed E-state index contributed by atoms with van der Waals surface area (Å²) in [5.74, 6) is -1.26. The van der Waals surface area contributed by atoms with Gasteiger partial charge < -0.3 is 14.8 Å². The highest BCUT2D eigenvalue weighted by Gasteiger charge is 2.50. The maximum atomic E-state index is 13.4. The fourth-order valence-corrected chi connectivity index (χ4v) is 8.28. The molecule has 1 N–H and O–H groups in total. The number of halogens is 2. The molecule has 4 aromatic rings. The molecule has 230 valence electrons. The van der Waals surface area contributed by atoms with Gasteiger partial charge in [0.15, 0.2) is 0 Å². The van der Waals surface area contributed by atoms with Gasteiger partial charge in [-0.15, -0.1) is 23.4 Å². The second kappa shape index (κ2) is 13.1. The van der Waals surface area contributed by atoms with Crippen molar-refractivity contribution in [2.45, 2.75) is 40.8 Å². The summed E-state index contributed by atoms with van der Waals surface area (Å²) in [6.07, 6.45) is 0.677. The molecule has 11 heteroatoms. The summed E-state index contributed by atoms with van der Waals surface area (Å²) in [6.45, 7) is 1.89. The molecule has 0 bridgehead atoms. The number of nitrogens with zero attached hydrogens (tertiary/aromatic N) is 1. The van der Waals surface area contributed by atoms with E-state index in [1.807, 2.05) is 30.3 Å². The topological polar surface area (TPSA) is 108 Å². The Kier molecular flexibility index (Phi) is 9.03. The minimum Gasteiger partial charge on any atom is -0.462 e. The fourth-order valence-electron chi connectivity index (χ4n) is 6.21. The Morgan fingerprint density at radius 2 is 1.73 bits per heavy atom. The molecule has 0 unspecified atom stereocenters. The Morgan fingerprint density at radius 3 is 2.49 bits per heavy atom. The number of anilines is 1. The molecule has 1 aliphatic heterocycles. The second-order valence-electron chi connectivity index (χ2n) is 10.8. The summed E-state index contributed by atoms with van der Waals surface area (Å²) in [5.41, 5.74) is 3.24. The number of alkyl halides is 1. The molecular formula is C34H28Cl2N2O6S. The summed E-state index contributed by atoms with van der Waals surface area (Å²) in [6, 6.07) is 26.0. The van der Waals surface area contributed by atoms with E-state index in [0.717, 1.165) is 16.8 Å². The van der Waals surface area contributed by atoms with Gasteiger partial charge in [-0.1, -0.05) is 48.0 Å². The predicted octanol–water partition coefficient (Wildman–Crippen LogP) is 8.68. The molecule has 2 aliphatic rings. The van der Waals surface area contributed by atoms with E-state index in [0.29, 0.717) is 21.9 Å². The molecule has 6 rings (SSSR count). The van der Waals surface area contributed by atoms with Crippen LogP contribution in [0.5, 0.6) is 5.75 Å². The molecule has 1 saturated carbocycles. The van der Waals surface area contributed by atoms with Crippen LogP contribution >= 0.6 is 35.0 Å². The standard InChI is InChI=1S/C34H28Cl2N2O6S/c1-2-43-34(40)22-7-3-5-9-27(22)44-33(39)20-13-16-25-23(17-20)30-24(32(37-25)19-11-14-21(35)15-12-19)18-29(31(30)36)45-28-10-6-4-8-26(28)38(41)42/h3-17,24,29-32,37H,2,18H2,1H3/t24-,29+,30+,31+,32+/m1/s1. The van der Waals surface area contributed by atoms with Crippen molar-refractivity contribution in [3.8, 4) is 5.75 Å². The molecule has 0 saturated heterocycles. The SMILES string of the molecule is CCOC(=O)c1ccccc1OC(=O)c1ccc2c(c1)[C@@H]1[C@@H](Cl)[C@@H](Sc3ccccc3[N+](=O)[O-])C[C@H]1[C@H](c1ccc(Cl)cc1)N2. The van der Waals surface area contributed by atoms with E-state index in [1.165, 1.54) is 17.8 Å². The maximum Gasteiger partial charge on any atom is 0.343 e. The van der Waals surface area contributed by atoms with E-state index >= 15 is 0 Å². The van der Waals surface area contributed by atoms with Gasteiger partial charge in [-0.25, -0.2) is 9.59 Å². The van der Waals surface area contributed by atoms with E-state index in [9.17, 15) is 19.7 Å². The number of benzene rings is 4. The van der Waals surface area contributed by atoms with Crippen LogP contribution in [0.15, 0.2) is 95.9 Å². The van der Waals surface area contributed by atoms with Crippen LogP contribution in [-0.4, -0.2) is 34.1 Å². The molecule has 0 aromatic heterocycles. The van der Waals surface area contributed by atoms with E-state index in [2.05, 4.69) is 5.32 Å². The zero-order valence-corrected chi connectivity index (χ0v) is 26.4. The fraction of sp³-hybridized carbons (Fsp3) is 0.235.